The minimum atomic E-state index is -4.80. The first kappa shape index (κ1) is 13.8. The fourth-order valence-corrected chi connectivity index (χ4v) is 1.18. The molecule has 0 fully saturated rings. The summed E-state index contributed by atoms with van der Waals surface area (Å²) in [6.45, 7) is 4.04. The van der Waals surface area contributed by atoms with Crippen LogP contribution in [0.2, 0.25) is 0 Å². The zero-order valence-corrected chi connectivity index (χ0v) is 9.44. The van der Waals surface area contributed by atoms with Crippen molar-refractivity contribution in [3.05, 3.63) is 29.6 Å². The van der Waals surface area contributed by atoms with E-state index in [2.05, 4.69) is 10.1 Å². The van der Waals surface area contributed by atoms with Gasteiger partial charge in [-0.25, -0.2) is 4.39 Å². The number of hydrogen-bond acceptors (Lipinski definition) is 2. The van der Waals surface area contributed by atoms with Gasteiger partial charge in [-0.1, -0.05) is 19.9 Å². The van der Waals surface area contributed by atoms with Crippen molar-refractivity contribution in [3.8, 4) is 5.75 Å². The van der Waals surface area contributed by atoms with Crippen LogP contribution in [0, 0.1) is 5.82 Å². The Morgan fingerprint density at radius 1 is 1.29 bits per heavy atom. The highest BCUT2D eigenvalue weighted by Gasteiger charge is 2.31. The van der Waals surface area contributed by atoms with Gasteiger partial charge in [-0.2, -0.15) is 0 Å². The summed E-state index contributed by atoms with van der Waals surface area (Å²) < 4.78 is 52.6. The molecule has 0 heterocycles. The Morgan fingerprint density at radius 3 is 2.41 bits per heavy atom. The van der Waals surface area contributed by atoms with Crippen LogP contribution in [0.4, 0.5) is 17.6 Å². The molecule has 0 aliphatic heterocycles. The summed E-state index contributed by atoms with van der Waals surface area (Å²) in [4.78, 5) is 0. The third-order valence-corrected chi connectivity index (χ3v) is 1.96. The van der Waals surface area contributed by atoms with Crippen LogP contribution in [-0.2, 0) is 6.54 Å². The van der Waals surface area contributed by atoms with Crippen molar-refractivity contribution in [1.29, 1.82) is 0 Å². The summed E-state index contributed by atoms with van der Waals surface area (Å²) in [7, 11) is 0. The standard InChI is InChI=1S/C11H13F4NO/c1-7(2)16-6-8-3-4-9(5-10(8)12)17-11(13,14)15/h3-5,7,16H,6H2,1-2H3. The van der Waals surface area contributed by atoms with Gasteiger partial charge in [-0.3, -0.25) is 0 Å². The maximum Gasteiger partial charge on any atom is 0.573 e. The molecule has 0 unspecified atom stereocenters. The zero-order chi connectivity index (χ0) is 13.1. The number of rotatable bonds is 4. The molecule has 96 valence electrons. The lowest BCUT2D eigenvalue weighted by molar-refractivity contribution is -0.274. The molecule has 0 aliphatic rings. The summed E-state index contributed by atoms with van der Waals surface area (Å²) in [6, 6.07) is 3.25. The molecule has 1 aromatic rings. The Balaban J connectivity index is 2.72. The molecule has 1 N–H and O–H groups in total. The topological polar surface area (TPSA) is 21.3 Å². The van der Waals surface area contributed by atoms with Crippen LogP contribution in [0.25, 0.3) is 0 Å². The largest absolute Gasteiger partial charge is 0.573 e. The average molecular weight is 251 g/mol. The minimum Gasteiger partial charge on any atom is -0.406 e. The first-order valence-corrected chi connectivity index (χ1v) is 5.05. The molecule has 0 radical (unpaired) electrons. The van der Waals surface area contributed by atoms with Crippen LogP contribution < -0.4 is 10.1 Å². The highest BCUT2D eigenvalue weighted by atomic mass is 19.4. The van der Waals surface area contributed by atoms with E-state index in [1.54, 1.807) is 0 Å². The molecule has 0 aromatic heterocycles. The SMILES string of the molecule is CC(C)NCc1ccc(OC(F)(F)F)cc1F. The molecule has 0 aliphatic carbocycles. The fourth-order valence-electron chi connectivity index (χ4n) is 1.18. The highest BCUT2D eigenvalue weighted by molar-refractivity contribution is 5.29. The number of benzene rings is 1. The maximum atomic E-state index is 13.4. The van der Waals surface area contributed by atoms with Crippen molar-refractivity contribution in [1.82, 2.24) is 5.32 Å². The monoisotopic (exact) mass is 251 g/mol. The van der Waals surface area contributed by atoms with Crippen LogP contribution in [0.3, 0.4) is 0 Å². The van der Waals surface area contributed by atoms with E-state index in [0.29, 0.717) is 5.56 Å². The third kappa shape index (κ3) is 5.04. The Hall–Kier alpha value is -1.30. The van der Waals surface area contributed by atoms with Crippen molar-refractivity contribution in [2.75, 3.05) is 0 Å². The Labute approximate surface area is 96.6 Å². The van der Waals surface area contributed by atoms with Crippen molar-refractivity contribution in [2.24, 2.45) is 0 Å². The van der Waals surface area contributed by atoms with Crippen molar-refractivity contribution in [3.63, 3.8) is 0 Å². The van der Waals surface area contributed by atoms with Gasteiger partial charge in [0.05, 0.1) is 0 Å². The molecule has 0 saturated carbocycles. The van der Waals surface area contributed by atoms with Gasteiger partial charge in [0.15, 0.2) is 0 Å². The zero-order valence-electron chi connectivity index (χ0n) is 9.44. The van der Waals surface area contributed by atoms with E-state index in [9.17, 15) is 17.6 Å². The van der Waals surface area contributed by atoms with Gasteiger partial charge >= 0.3 is 6.36 Å². The number of nitrogens with one attached hydrogen (secondary N) is 1. The van der Waals surface area contributed by atoms with Crippen LogP contribution in [0.5, 0.6) is 5.75 Å². The number of ether oxygens (including phenoxy) is 1. The molecule has 2 nitrogen and oxygen atoms in total. The fraction of sp³-hybridized carbons (Fsp3) is 0.455. The summed E-state index contributed by atoms with van der Waals surface area (Å²) in [5.41, 5.74) is 0.299. The Bertz CT molecular complexity index is 376. The summed E-state index contributed by atoms with van der Waals surface area (Å²) in [6.07, 6.45) is -4.80. The van der Waals surface area contributed by atoms with Crippen LogP contribution in [-0.4, -0.2) is 12.4 Å². The molecular formula is C11H13F4NO. The normalized spacial score (nSPS) is 11.9. The smallest absolute Gasteiger partial charge is 0.406 e. The van der Waals surface area contributed by atoms with E-state index in [4.69, 9.17) is 0 Å². The molecule has 0 amide bonds. The van der Waals surface area contributed by atoms with E-state index < -0.39 is 17.9 Å². The van der Waals surface area contributed by atoms with E-state index in [-0.39, 0.29) is 12.6 Å². The van der Waals surface area contributed by atoms with E-state index in [1.807, 2.05) is 13.8 Å². The van der Waals surface area contributed by atoms with Gasteiger partial charge in [0, 0.05) is 24.2 Å². The lowest BCUT2D eigenvalue weighted by atomic mass is 10.2. The summed E-state index contributed by atoms with van der Waals surface area (Å²) in [5.74, 6) is -1.27. The van der Waals surface area contributed by atoms with E-state index in [1.165, 1.54) is 6.07 Å². The molecule has 0 spiro atoms. The first-order chi connectivity index (χ1) is 7.78. The van der Waals surface area contributed by atoms with Crippen LogP contribution >= 0.6 is 0 Å². The average Bonchev–Trinajstić information content (AvgIpc) is 2.13. The lowest BCUT2D eigenvalue weighted by Gasteiger charge is -2.11. The summed E-state index contributed by atoms with van der Waals surface area (Å²) >= 11 is 0. The van der Waals surface area contributed by atoms with Crippen LogP contribution in [0.1, 0.15) is 19.4 Å². The number of alkyl halides is 3. The minimum absolute atomic E-state index is 0.167. The quantitative estimate of drug-likeness (QED) is 0.829. The van der Waals surface area contributed by atoms with Gasteiger partial charge in [-0.15, -0.1) is 13.2 Å². The third-order valence-electron chi connectivity index (χ3n) is 1.96. The molecule has 1 rings (SSSR count). The molecule has 6 heteroatoms. The highest BCUT2D eigenvalue weighted by Crippen LogP contribution is 2.24. The van der Waals surface area contributed by atoms with Gasteiger partial charge < -0.3 is 10.1 Å². The predicted octanol–water partition coefficient (Wildman–Crippen LogP) is 3.22. The van der Waals surface area contributed by atoms with Crippen molar-refractivity contribution in [2.45, 2.75) is 32.8 Å². The molecule has 0 atom stereocenters. The Kier molecular flexibility index (Phi) is 4.34. The molecule has 1 aromatic carbocycles. The number of hydrogen-bond donors (Lipinski definition) is 1. The van der Waals surface area contributed by atoms with Crippen molar-refractivity contribution < 1.29 is 22.3 Å². The molecule has 17 heavy (non-hydrogen) atoms. The summed E-state index contributed by atoms with van der Waals surface area (Å²) in [5, 5.41) is 2.97. The first-order valence-electron chi connectivity index (χ1n) is 5.05. The predicted molar refractivity (Wildman–Crippen MR) is 55.1 cm³/mol. The molecular weight excluding hydrogens is 238 g/mol. The molecule has 0 bridgehead atoms. The Morgan fingerprint density at radius 2 is 1.94 bits per heavy atom. The number of halogens is 4. The molecule has 0 saturated heterocycles. The van der Waals surface area contributed by atoms with Gasteiger partial charge in [0.2, 0.25) is 0 Å². The maximum absolute atomic E-state index is 13.4. The second-order valence-electron chi connectivity index (χ2n) is 3.84. The lowest BCUT2D eigenvalue weighted by Crippen LogP contribution is -2.22. The van der Waals surface area contributed by atoms with E-state index in [0.717, 1.165) is 12.1 Å². The van der Waals surface area contributed by atoms with Gasteiger partial charge in [0.25, 0.3) is 0 Å². The van der Waals surface area contributed by atoms with Gasteiger partial charge in [0.1, 0.15) is 11.6 Å². The second-order valence-corrected chi connectivity index (χ2v) is 3.84. The van der Waals surface area contributed by atoms with E-state index >= 15 is 0 Å². The van der Waals surface area contributed by atoms with Crippen molar-refractivity contribution >= 4 is 0 Å². The van der Waals surface area contributed by atoms with Gasteiger partial charge in [-0.05, 0) is 6.07 Å². The van der Waals surface area contributed by atoms with Crippen LogP contribution in [0.15, 0.2) is 18.2 Å². The second kappa shape index (κ2) is 5.35.